The number of halogens is 1. The van der Waals surface area contributed by atoms with Crippen LogP contribution in [0.3, 0.4) is 0 Å². The average molecular weight is 226 g/mol. The first-order valence-electron chi connectivity index (χ1n) is 4.92. The van der Waals surface area contributed by atoms with Crippen molar-refractivity contribution >= 4 is 23.3 Å². The third-order valence-corrected chi connectivity index (χ3v) is 2.74. The predicted molar refractivity (Wildman–Crippen MR) is 59.2 cm³/mol. The zero-order valence-corrected chi connectivity index (χ0v) is 8.87. The van der Waals surface area contributed by atoms with Gasteiger partial charge in [0, 0.05) is 10.7 Å². The molecule has 15 heavy (non-hydrogen) atoms. The van der Waals surface area contributed by atoms with Crippen molar-refractivity contribution in [3.63, 3.8) is 0 Å². The Morgan fingerprint density at radius 1 is 1.53 bits per heavy atom. The number of hydrogen-bond donors (Lipinski definition) is 2. The SMILES string of the molecule is O=C(O)C(Nc1cccc(Cl)c1)C1CC1. The van der Waals surface area contributed by atoms with Crippen LogP contribution in [0.25, 0.3) is 0 Å². The monoisotopic (exact) mass is 225 g/mol. The lowest BCUT2D eigenvalue weighted by atomic mass is 10.1. The fraction of sp³-hybridized carbons (Fsp3) is 0.364. The minimum Gasteiger partial charge on any atom is -0.480 e. The summed E-state index contributed by atoms with van der Waals surface area (Å²) in [5, 5.41) is 12.6. The highest BCUT2D eigenvalue weighted by atomic mass is 35.5. The van der Waals surface area contributed by atoms with Gasteiger partial charge in [0.25, 0.3) is 0 Å². The van der Waals surface area contributed by atoms with Crippen LogP contribution in [0.15, 0.2) is 24.3 Å². The normalized spacial score (nSPS) is 17.1. The van der Waals surface area contributed by atoms with Crippen molar-refractivity contribution in [3.05, 3.63) is 29.3 Å². The van der Waals surface area contributed by atoms with Crippen LogP contribution in [0.4, 0.5) is 5.69 Å². The molecule has 4 heteroatoms. The number of carbonyl (C=O) groups is 1. The van der Waals surface area contributed by atoms with Crippen molar-refractivity contribution < 1.29 is 9.90 Å². The van der Waals surface area contributed by atoms with Crippen LogP contribution >= 0.6 is 11.6 Å². The van der Waals surface area contributed by atoms with Gasteiger partial charge in [-0.05, 0) is 37.0 Å². The maximum absolute atomic E-state index is 11.0. The number of rotatable bonds is 4. The molecule has 1 unspecified atom stereocenters. The smallest absolute Gasteiger partial charge is 0.326 e. The van der Waals surface area contributed by atoms with Crippen LogP contribution in [0, 0.1) is 5.92 Å². The Balaban J connectivity index is 2.08. The Hall–Kier alpha value is -1.22. The van der Waals surface area contributed by atoms with Gasteiger partial charge in [-0.15, -0.1) is 0 Å². The molecule has 0 amide bonds. The van der Waals surface area contributed by atoms with Crippen LogP contribution < -0.4 is 5.32 Å². The number of benzene rings is 1. The maximum atomic E-state index is 11.0. The fourth-order valence-electron chi connectivity index (χ4n) is 1.57. The summed E-state index contributed by atoms with van der Waals surface area (Å²) in [5.41, 5.74) is 0.766. The molecular formula is C11H12ClNO2. The highest BCUT2D eigenvalue weighted by molar-refractivity contribution is 6.30. The van der Waals surface area contributed by atoms with E-state index in [0.29, 0.717) is 5.02 Å². The minimum atomic E-state index is -0.794. The topological polar surface area (TPSA) is 49.3 Å². The molecule has 1 saturated carbocycles. The van der Waals surface area contributed by atoms with Crippen molar-refractivity contribution in [1.29, 1.82) is 0 Å². The number of hydrogen-bond acceptors (Lipinski definition) is 2. The summed E-state index contributed by atoms with van der Waals surface area (Å²) in [7, 11) is 0. The van der Waals surface area contributed by atoms with Crippen molar-refractivity contribution in [1.82, 2.24) is 0 Å². The van der Waals surface area contributed by atoms with Gasteiger partial charge in [0.1, 0.15) is 6.04 Å². The quantitative estimate of drug-likeness (QED) is 0.828. The van der Waals surface area contributed by atoms with Gasteiger partial charge in [0.05, 0.1) is 0 Å². The molecule has 1 aliphatic rings. The fourth-order valence-corrected chi connectivity index (χ4v) is 1.76. The predicted octanol–water partition coefficient (Wildman–Crippen LogP) is 2.62. The molecule has 80 valence electrons. The Labute approximate surface area is 93.1 Å². The number of nitrogens with one attached hydrogen (secondary N) is 1. The molecule has 1 atom stereocenters. The van der Waals surface area contributed by atoms with E-state index in [0.717, 1.165) is 18.5 Å². The van der Waals surface area contributed by atoms with Gasteiger partial charge in [-0.25, -0.2) is 4.79 Å². The van der Waals surface area contributed by atoms with Crippen LogP contribution in [0.5, 0.6) is 0 Å². The largest absolute Gasteiger partial charge is 0.480 e. The van der Waals surface area contributed by atoms with Gasteiger partial charge in [0.15, 0.2) is 0 Å². The Kier molecular flexibility index (Phi) is 2.82. The molecule has 1 fully saturated rings. The number of aliphatic carboxylic acids is 1. The highest BCUT2D eigenvalue weighted by Crippen LogP contribution is 2.34. The van der Waals surface area contributed by atoms with E-state index in [1.165, 1.54) is 0 Å². The Bertz CT molecular complexity index is 377. The molecule has 0 spiro atoms. The van der Waals surface area contributed by atoms with Crippen LogP contribution in [-0.2, 0) is 4.79 Å². The second-order valence-corrected chi connectivity index (χ2v) is 4.24. The lowest BCUT2D eigenvalue weighted by Crippen LogP contribution is -2.31. The summed E-state index contributed by atoms with van der Waals surface area (Å²) < 4.78 is 0. The van der Waals surface area contributed by atoms with E-state index in [1.807, 2.05) is 6.07 Å². The molecule has 0 aromatic heterocycles. The molecule has 1 aromatic rings. The lowest BCUT2D eigenvalue weighted by molar-refractivity contribution is -0.138. The van der Waals surface area contributed by atoms with Crippen LogP contribution in [0.1, 0.15) is 12.8 Å². The van der Waals surface area contributed by atoms with Crippen molar-refractivity contribution in [2.24, 2.45) is 5.92 Å². The van der Waals surface area contributed by atoms with Gasteiger partial charge in [-0.1, -0.05) is 17.7 Å². The molecule has 0 heterocycles. The van der Waals surface area contributed by atoms with E-state index in [1.54, 1.807) is 18.2 Å². The molecule has 2 N–H and O–H groups in total. The van der Waals surface area contributed by atoms with E-state index in [9.17, 15) is 4.79 Å². The van der Waals surface area contributed by atoms with Crippen LogP contribution in [-0.4, -0.2) is 17.1 Å². The molecule has 0 bridgehead atoms. The van der Waals surface area contributed by atoms with Gasteiger partial charge in [-0.2, -0.15) is 0 Å². The van der Waals surface area contributed by atoms with Gasteiger partial charge < -0.3 is 10.4 Å². The lowest BCUT2D eigenvalue weighted by Gasteiger charge is -2.14. The highest BCUT2D eigenvalue weighted by Gasteiger charge is 2.36. The van der Waals surface area contributed by atoms with E-state index >= 15 is 0 Å². The minimum absolute atomic E-state index is 0.265. The van der Waals surface area contributed by atoms with E-state index in [-0.39, 0.29) is 5.92 Å². The summed E-state index contributed by atoms with van der Waals surface area (Å²) in [6.07, 6.45) is 1.98. The second-order valence-electron chi connectivity index (χ2n) is 3.81. The summed E-state index contributed by atoms with van der Waals surface area (Å²) in [4.78, 5) is 11.0. The molecule has 0 saturated heterocycles. The maximum Gasteiger partial charge on any atom is 0.326 e. The first kappa shape index (κ1) is 10.3. The molecule has 1 aliphatic carbocycles. The molecule has 0 aliphatic heterocycles. The van der Waals surface area contributed by atoms with Crippen molar-refractivity contribution in [2.45, 2.75) is 18.9 Å². The van der Waals surface area contributed by atoms with E-state index in [4.69, 9.17) is 16.7 Å². The van der Waals surface area contributed by atoms with Crippen molar-refractivity contribution in [2.75, 3.05) is 5.32 Å². The summed E-state index contributed by atoms with van der Waals surface area (Å²) in [6, 6.07) is 6.64. The van der Waals surface area contributed by atoms with Gasteiger partial charge in [0.2, 0.25) is 0 Å². The standard InChI is InChI=1S/C11H12ClNO2/c12-8-2-1-3-9(6-8)13-10(11(14)15)7-4-5-7/h1-3,6-7,10,13H,4-5H2,(H,14,15). The molecule has 3 nitrogen and oxygen atoms in total. The molecule has 0 radical (unpaired) electrons. The van der Waals surface area contributed by atoms with E-state index < -0.39 is 12.0 Å². The first-order valence-corrected chi connectivity index (χ1v) is 5.29. The summed E-state index contributed by atoms with van der Waals surface area (Å²) in [5.74, 6) is -0.529. The summed E-state index contributed by atoms with van der Waals surface area (Å²) in [6.45, 7) is 0. The summed E-state index contributed by atoms with van der Waals surface area (Å²) >= 11 is 5.82. The van der Waals surface area contributed by atoms with E-state index in [2.05, 4.69) is 5.32 Å². The third-order valence-electron chi connectivity index (χ3n) is 2.51. The Morgan fingerprint density at radius 3 is 2.80 bits per heavy atom. The number of carboxylic acid groups (broad SMARTS) is 1. The first-order chi connectivity index (χ1) is 7.16. The van der Waals surface area contributed by atoms with Crippen molar-refractivity contribution in [3.8, 4) is 0 Å². The van der Waals surface area contributed by atoms with Gasteiger partial charge >= 0.3 is 5.97 Å². The average Bonchev–Trinajstić information content (AvgIpc) is 2.97. The molecule has 2 rings (SSSR count). The second kappa shape index (κ2) is 4.11. The zero-order valence-electron chi connectivity index (χ0n) is 8.11. The Morgan fingerprint density at radius 2 is 2.27 bits per heavy atom. The number of anilines is 1. The third kappa shape index (κ3) is 2.63. The van der Waals surface area contributed by atoms with Gasteiger partial charge in [-0.3, -0.25) is 0 Å². The zero-order chi connectivity index (χ0) is 10.8. The molecule has 1 aromatic carbocycles. The molecular weight excluding hydrogens is 214 g/mol. The number of carboxylic acids is 1. The van der Waals surface area contributed by atoms with Crippen LogP contribution in [0.2, 0.25) is 5.02 Å².